The molecule has 2 heteroatoms. The van der Waals surface area contributed by atoms with E-state index in [-0.39, 0.29) is 0 Å². The molecule has 1 rings (SSSR count). The smallest absolute Gasteiger partial charge is 0.00793 e. The zero-order valence-electron chi connectivity index (χ0n) is 10.5. The van der Waals surface area contributed by atoms with Crippen LogP contribution in [0.3, 0.4) is 0 Å². The van der Waals surface area contributed by atoms with Gasteiger partial charge in [0.2, 0.25) is 0 Å². The van der Waals surface area contributed by atoms with E-state index < -0.39 is 0 Å². The van der Waals surface area contributed by atoms with Crippen molar-refractivity contribution in [3.8, 4) is 0 Å². The lowest BCUT2D eigenvalue weighted by Crippen LogP contribution is -2.34. The van der Waals surface area contributed by atoms with Gasteiger partial charge in [0.05, 0.1) is 0 Å². The van der Waals surface area contributed by atoms with Gasteiger partial charge in [0.1, 0.15) is 0 Å². The van der Waals surface area contributed by atoms with Gasteiger partial charge in [-0.05, 0) is 31.7 Å². The Balaban J connectivity index is 2.08. The molecule has 15 heavy (non-hydrogen) atoms. The van der Waals surface area contributed by atoms with Crippen molar-refractivity contribution in [2.45, 2.75) is 58.4 Å². The van der Waals surface area contributed by atoms with E-state index in [1.807, 2.05) is 0 Å². The molecule has 0 amide bonds. The van der Waals surface area contributed by atoms with Gasteiger partial charge in [0, 0.05) is 19.1 Å². The molecule has 90 valence electrons. The molecular weight excluding hydrogens is 184 g/mol. The summed E-state index contributed by atoms with van der Waals surface area (Å²) in [4.78, 5) is 0. The highest BCUT2D eigenvalue weighted by molar-refractivity contribution is 4.74. The van der Waals surface area contributed by atoms with Crippen LogP contribution in [0.5, 0.6) is 0 Å². The van der Waals surface area contributed by atoms with Crippen molar-refractivity contribution >= 4 is 0 Å². The Hall–Kier alpha value is -0.0800. The van der Waals surface area contributed by atoms with Crippen LogP contribution in [0, 0.1) is 5.92 Å². The molecule has 2 atom stereocenters. The minimum absolute atomic E-state index is 0.792. The van der Waals surface area contributed by atoms with Crippen LogP contribution in [-0.2, 0) is 0 Å². The molecule has 0 aromatic rings. The van der Waals surface area contributed by atoms with Crippen molar-refractivity contribution in [3.05, 3.63) is 0 Å². The molecule has 0 bridgehead atoms. The Kier molecular flexibility index (Phi) is 7.03. The van der Waals surface area contributed by atoms with E-state index in [0.29, 0.717) is 0 Å². The van der Waals surface area contributed by atoms with Crippen molar-refractivity contribution in [1.82, 2.24) is 10.6 Å². The van der Waals surface area contributed by atoms with Gasteiger partial charge in [0.15, 0.2) is 0 Å². The second-order valence-electron chi connectivity index (χ2n) is 4.79. The quantitative estimate of drug-likeness (QED) is 0.522. The molecule has 2 N–H and O–H groups in total. The van der Waals surface area contributed by atoms with Gasteiger partial charge < -0.3 is 10.6 Å². The third kappa shape index (κ3) is 5.53. The minimum Gasteiger partial charge on any atom is -0.316 e. The monoisotopic (exact) mass is 212 g/mol. The molecule has 0 aliphatic heterocycles. The summed E-state index contributed by atoms with van der Waals surface area (Å²) in [7, 11) is 0. The van der Waals surface area contributed by atoms with Gasteiger partial charge in [-0.25, -0.2) is 0 Å². The van der Waals surface area contributed by atoms with Crippen molar-refractivity contribution in [2.75, 3.05) is 19.6 Å². The topological polar surface area (TPSA) is 24.1 Å². The molecule has 2 unspecified atom stereocenters. The van der Waals surface area contributed by atoms with Crippen molar-refractivity contribution in [3.63, 3.8) is 0 Å². The first-order valence-electron chi connectivity index (χ1n) is 6.80. The largest absolute Gasteiger partial charge is 0.316 e. The van der Waals surface area contributed by atoms with Gasteiger partial charge in [-0.3, -0.25) is 0 Å². The molecule has 0 radical (unpaired) electrons. The van der Waals surface area contributed by atoms with E-state index in [9.17, 15) is 0 Å². The van der Waals surface area contributed by atoms with Crippen LogP contribution in [-0.4, -0.2) is 25.7 Å². The number of nitrogens with one attached hydrogen (secondary N) is 2. The molecule has 1 aliphatic rings. The van der Waals surface area contributed by atoms with Crippen LogP contribution >= 0.6 is 0 Å². The summed E-state index contributed by atoms with van der Waals surface area (Å²) in [6.45, 7) is 7.84. The lowest BCUT2D eigenvalue weighted by molar-refractivity contribution is 0.424. The van der Waals surface area contributed by atoms with Gasteiger partial charge in [-0.1, -0.05) is 33.1 Å². The minimum atomic E-state index is 0.792. The SMILES string of the molecule is CCNCCNC1CCCC(CC)CC1. The fourth-order valence-electron chi connectivity index (χ4n) is 2.53. The zero-order valence-corrected chi connectivity index (χ0v) is 10.5. The molecule has 1 aliphatic carbocycles. The summed E-state index contributed by atoms with van der Waals surface area (Å²) in [5.41, 5.74) is 0. The summed E-state index contributed by atoms with van der Waals surface area (Å²) >= 11 is 0. The van der Waals surface area contributed by atoms with Gasteiger partial charge in [-0.15, -0.1) is 0 Å². The average Bonchev–Trinajstić information content (AvgIpc) is 2.49. The van der Waals surface area contributed by atoms with E-state index in [1.165, 1.54) is 38.5 Å². The molecule has 0 aromatic heterocycles. The number of likely N-dealkylation sites (N-methyl/N-ethyl adjacent to an activating group) is 1. The fraction of sp³-hybridized carbons (Fsp3) is 1.00. The Morgan fingerprint density at radius 2 is 1.87 bits per heavy atom. The Morgan fingerprint density at radius 3 is 2.60 bits per heavy atom. The average molecular weight is 212 g/mol. The van der Waals surface area contributed by atoms with E-state index in [2.05, 4.69) is 24.5 Å². The molecule has 1 saturated carbocycles. The predicted molar refractivity (Wildman–Crippen MR) is 67.2 cm³/mol. The Bertz CT molecular complexity index is 147. The number of hydrogen-bond acceptors (Lipinski definition) is 2. The van der Waals surface area contributed by atoms with E-state index in [4.69, 9.17) is 0 Å². The maximum Gasteiger partial charge on any atom is 0.00793 e. The van der Waals surface area contributed by atoms with Crippen LogP contribution in [0.25, 0.3) is 0 Å². The summed E-state index contributed by atoms with van der Waals surface area (Å²) in [5, 5.41) is 7.04. The summed E-state index contributed by atoms with van der Waals surface area (Å²) in [5.74, 6) is 1.01. The van der Waals surface area contributed by atoms with E-state index >= 15 is 0 Å². The molecule has 2 nitrogen and oxygen atoms in total. The van der Waals surface area contributed by atoms with Crippen LogP contribution in [0.4, 0.5) is 0 Å². The lowest BCUT2D eigenvalue weighted by Gasteiger charge is -2.16. The zero-order chi connectivity index (χ0) is 10.9. The Labute approximate surface area is 95.2 Å². The summed E-state index contributed by atoms with van der Waals surface area (Å²) in [6, 6.07) is 0.792. The first kappa shape index (κ1) is 13.0. The summed E-state index contributed by atoms with van der Waals surface area (Å²) in [6.07, 6.45) is 8.49. The summed E-state index contributed by atoms with van der Waals surface area (Å²) < 4.78 is 0. The number of rotatable bonds is 6. The standard InChI is InChI=1S/C13H28N2/c1-3-12-6-5-7-13(9-8-12)15-11-10-14-4-2/h12-15H,3-11H2,1-2H3. The second-order valence-corrected chi connectivity index (χ2v) is 4.79. The molecule has 0 spiro atoms. The molecule has 0 heterocycles. The van der Waals surface area contributed by atoms with Crippen LogP contribution < -0.4 is 10.6 Å². The van der Waals surface area contributed by atoms with Crippen LogP contribution in [0.15, 0.2) is 0 Å². The maximum atomic E-state index is 3.68. The predicted octanol–water partition coefficient (Wildman–Crippen LogP) is 2.54. The lowest BCUT2D eigenvalue weighted by atomic mass is 9.98. The van der Waals surface area contributed by atoms with Gasteiger partial charge in [-0.2, -0.15) is 0 Å². The van der Waals surface area contributed by atoms with E-state index in [0.717, 1.165) is 31.6 Å². The van der Waals surface area contributed by atoms with Gasteiger partial charge in [0.25, 0.3) is 0 Å². The first-order valence-corrected chi connectivity index (χ1v) is 6.80. The third-order valence-corrected chi connectivity index (χ3v) is 3.65. The van der Waals surface area contributed by atoms with E-state index in [1.54, 1.807) is 0 Å². The van der Waals surface area contributed by atoms with Crippen molar-refractivity contribution < 1.29 is 0 Å². The van der Waals surface area contributed by atoms with Gasteiger partial charge >= 0.3 is 0 Å². The second kappa shape index (κ2) is 8.12. The fourth-order valence-corrected chi connectivity index (χ4v) is 2.53. The third-order valence-electron chi connectivity index (χ3n) is 3.65. The molecule has 0 saturated heterocycles. The normalized spacial score (nSPS) is 27.6. The highest BCUT2D eigenvalue weighted by atomic mass is 15.0. The van der Waals surface area contributed by atoms with Crippen LogP contribution in [0.2, 0.25) is 0 Å². The first-order chi connectivity index (χ1) is 7.36. The molecule has 1 fully saturated rings. The highest BCUT2D eigenvalue weighted by Crippen LogP contribution is 2.25. The highest BCUT2D eigenvalue weighted by Gasteiger charge is 2.16. The molecule has 0 aromatic carbocycles. The maximum absolute atomic E-state index is 3.68. The molecular formula is C13H28N2. The Morgan fingerprint density at radius 1 is 1.00 bits per heavy atom. The number of hydrogen-bond donors (Lipinski definition) is 2. The van der Waals surface area contributed by atoms with Crippen LogP contribution in [0.1, 0.15) is 52.4 Å². The van der Waals surface area contributed by atoms with Crippen molar-refractivity contribution in [1.29, 1.82) is 0 Å². The van der Waals surface area contributed by atoms with Crippen molar-refractivity contribution in [2.24, 2.45) is 5.92 Å².